The number of fused-ring (bicyclic) bond motifs is 4. The van der Waals surface area contributed by atoms with E-state index in [1.807, 2.05) is 67.7 Å². The van der Waals surface area contributed by atoms with Crippen LogP contribution in [0.5, 0.6) is 0 Å². The van der Waals surface area contributed by atoms with Crippen LogP contribution in [0.1, 0.15) is 5.69 Å². The number of hydrogen-bond acceptors (Lipinski definition) is 6. The van der Waals surface area contributed by atoms with Crippen molar-refractivity contribution in [1.82, 2.24) is 29.9 Å². The van der Waals surface area contributed by atoms with Crippen molar-refractivity contribution >= 4 is 32.7 Å². The Kier molecular flexibility index (Phi) is 7.92. The van der Waals surface area contributed by atoms with Crippen LogP contribution in [-0.4, -0.2) is 29.9 Å². The molecule has 0 fully saturated rings. The van der Waals surface area contributed by atoms with Crippen LogP contribution in [0.3, 0.4) is 0 Å². The first-order chi connectivity index (χ1) is 27.1. The van der Waals surface area contributed by atoms with Gasteiger partial charge in [0.15, 0.2) is 17.5 Å². The number of benzene rings is 6. The van der Waals surface area contributed by atoms with Gasteiger partial charge in [0.05, 0.1) is 22.2 Å². The maximum Gasteiger partial charge on any atom is 0.164 e. The monoisotopic (exact) mass is 704 g/mol. The summed E-state index contributed by atoms with van der Waals surface area (Å²) in [5.41, 5.74) is 12.6. The molecule has 6 nitrogen and oxygen atoms in total. The number of rotatable bonds is 6. The van der Waals surface area contributed by atoms with Gasteiger partial charge in [-0.2, -0.15) is 0 Å². The fourth-order valence-electron chi connectivity index (χ4n) is 7.35. The molecule has 4 heterocycles. The zero-order valence-corrected chi connectivity index (χ0v) is 29.9. The Morgan fingerprint density at radius 2 is 0.909 bits per heavy atom. The molecule has 258 valence electrons. The van der Waals surface area contributed by atoms with E-state index in [1.54, 1.807) is 0 Å². The molecule has 0 amide bonds. The summed E-state index contributed by atoms with van der Waals surface area (Å²) in [7, 11) is 0. The predicted octanol–water partition coefficient (Wildman–Crippen LogP) is 11.8. The Morgan fingerprint density at radius 3 is 1.64 bits per heavy atom. The molecule has 0 unspecified atom stereocenters. The Labute approximate surface area is 318 Å². The third-order valence-electron chi connectivity index (χ3n) is 10.0. The lowest BCUT2D eigenvalue weighted by molar-refractivity contribution is 1.07. The van der Waals surface area contributed by atoms with Crippen LogP contribution in [0.2, 0.25) is 0 Å². The minimum Gasteiger partial charge on any atom is -0.256 e. The molecule has 55 heavy (non-hydrogen) atoms. The van der Waals surface area contributed by atoms with E-state index in [9.17, 15) is 0 Å². The van der Waals surface area contributed by atoms with Gasteiger partial charge in [-0.05, 0) is 53.9 Å². The highest BCUT2D eigenvalue weighted by Gasteiger charge is 2.16. The molecule has 0 aliphatic carbocycles. The lowest BCUT2D eigenvalue weighted by Crippen LogP contribution is -2.00. The molecule has 0 saturated heterocycles. The largest absolute Gasteiger partial charge is 0.256 e. The van der Waals surface area contributed by atoms with Crippen molar-refractivity contribution in [2.24, 2.45) is 0 Å². The molecule has 0 saturated carbocycles. The molecule has 4 aromatic heterocycles. The summed E-state index contributed by atoms with van der Waals surface area (Å²) >= 11 is 0. The van der Waals surface area contributed by atoms with Crippen LogP contribution in [-0.2, 0) is 0 Å². The van der Waals surface area contributed by atoms with Gasteiger partial charge < -0.3 is 0 Å². The molecule has 0 atom stereocenters. The van der Waals surface area contributed by atoms with E-state index in [1.165, 1.54) is 0 Å². The van der Waals surface area contributed by atoms with Crippen molar-refractivity contribution in [3.8, 4) is 67.7 Å². The van der Waals surface area contributed by atoms with E-state index < -0.39 is 0 Å². The first-order valence-corrected chi connectivity index (χ1v) is 18.3. The highest BCUT2D eigenvalue weighted by Crippen LogP contribution is 2.36. The molecule has 0 aliphatic rings. The molecule has 6 heteroatoms. The summed E-state index contributed by atoms with van der Waals surface area (Å²) < 4.78 is 0. The Balaban J connectivity index is 1.11. The number of hydrogen-bond donors (Lipinski definition) is 0. The summed E-state index contributed by atoms with van der Waals surface area (Å²) in [6, 6.07) is 58.1. The topological polar surface area (TPSA) is 77.3 Å². The van der Waals surface area contributed by atoms with Gasteiger partial charge in [0.25, 0.3) is 0 Å². The number of para-hydroxylation sites is 1. The zero-order valence-electron chi connectivity index (χ0n) is 29.9. The van der Waals surface area contributed by atoms with Gasteiger partial charge in [-0.25, -0.2) is 19.9 Å². The number of nitrogens with zero attached hydrogens (tertiary/aromatic N) is 6. The minimum absolute atomic E-state index is 0.595. The fourth-order valence-corrected chi connectivity index (χ4v) is 7.35. The van der Waals surface area contributed by atoms with Gasteiger partial charge >= 0.3 is 0 Å². The Morgan fingerprint density at radius 1 is 0.345 bits per heavy atom. The smallest absolute Gasteiger partial charge is 0.164 e. The second-order valence-corrected chi connectivity index (χ2v) is 13.6. The molecule has 0 bridgehead atoms. The van der Waals surface area contributed by atoms with Crippen molar-refractivity contribution in [3.05, 3.63) is 182 Å². The summed E-state index contributed by atoms with van der Waals surface area (Å²) in [6.45, 7) is 2.04. The van der Waals surface area contributed by atoms with Gasteiger partial charge in [-0.1, -0.05) is 140 Å². The molecule has 0 aliphatic heterocycles. The van der Waals surface area contributed by atoms with Crippen LogP contribution in [0.25, 0.3) is 100 Å². The van der Waals surface area contributed by atoms with E-state index in [-0.39, 0.29) is 0 Å². The van der Waals surface area contributed by atoms with Crippen molar-refractivity contribution in [3.63, 3.8) is 0 Å². The van der Waals surface area contributed by atoms with E-state index in [4.69, 9.17) is 29.9 Å². The summed E-state index contributed by atoms with van der Waals surface area (Å²) in [5.74, 6) is 1.80. The first-order valence-electron chi connectivity index (χ1n) is 18.3. The highest BCUT2D eigenvalue weighted by molar-refractivity contribution is 6.09. The van der Waals surface area contributed by atoms with Crippen LogP contribution >= 0.6 is 0 Å². The Hall–Kier alpha value is -7.44. The number of aryl methyl sites for hydroxylation is 1. The van der Waals surface area contributed by atoms with Crippen molar-refractivity contribution in [1.29, 1.82) is 0 Å². The predicted molar refractivity (Wildman–Crippen MR) is 223 cm³/mol. The van der Waals surface area contributed by atoms with Gasteiger partial charge in [0.1, 0.15) is 0 Å². The third-order valence-corrected chi connectivity index (χ3v) is 10.0. The van der Waals surface area contributed by atoms with E-state index in [2.05, 4.69) is 115 Å². The molecule has 0 radical (unpaired) electrons. The molecular formula is C49H32N6. The van der Waals surface area contributed by atoms with Crippen LogP contribution in [0.15, 0.2) is 176 Å². The van der Waals surface area contributed by atoms with E-state index in [0.717, 1.165) is 88.6 Å². The van der Waals surface area contributed by atoms with Gasteiger partial charge in [-0.3, -0.25) is 9.97 Å². The zero-order chi connectivity index (χ0) is 36.7. The van der Waals surface area contributed by atoms with Crippen LogP contribution < -0.4 is 0 Å². The lowest BCUT2D eigenvalue weighted by Gasteiger charge is -2.13. The number of pyridine rings is 3. The number of aromatic nitrogens is 6. The van der Waals surface area contributed by atoms with E-state index in [0.29, 0.717) is 17.5 Å². The normalized spacial score (nSPS) is 11.4. The third kappa shape index (κ3) is 6.06. The van der Waals surface area contributed by atoms with Crippen LogP contribution in [0, 0.1) is 6.92 Å². The van der Waals surface area contributed by atoms with E-state index >= 15 is 0 Å². The summed E-state index contributed by atoms with van der Waals surface area (Å²) in [5, 5.41) is 3.18. The average Bonchev–Trinajstić information content (AvgIpc) is 3.26. The highest BCUT2D eigenvalue weighted by atomic mass is 15.0. The molecular weight excluding hydrogens is 673 g/mol. The maximum atomic E-state index is 5.14. The average molecular weight is 705 g/mol. The standard InChI is InChI=1S/C49H32N6/c1-31-28-42(41-25-23-34-24-26-43(32-12-4-2-5-13-32)52-45(34)46(41)51-31)37-18-9-20-39(30-37)49-54-47(35-14-6-3-7-15-35)53-48(55-49)38-19-8-17-36(29-38)40-22-10-16-33-21-11-27-50-44(33)40/h2-30H,1H3. The SMILES string of the molecule is Cc1cc(-c2cccc(-c3nc(-c4ccccc4)nc(-c4cccc(-c5cccc6cccnc56)c4)n3)c2)c2ccc3ccc(-c4ccccc4)nc3c2n1. The summed E-state index contributed by atoms with van der Waals surface area (Å²) in [4.78, 5) is 30.1. The quantitative estimate of drug-likeness (QED) is 0.160. The van der Waals surface area contributed by atoms with Crippen molar-refractivity contribution in [2.45, 2.75) is 6.92 Å². The van der Waals surface area contributed by atoms with Crippen molar-refractivity contribution < 1.29 is 0 Å². The lowest BCUT2D eigenvalue weighted by atomic mass is 9.97. The van der Waals surface area contributed by atoms with Gasteiger partial charge in [-0.15, -0.1) is 0 Å². The molecule has 10 rings (SSSR count). The second kappa shape index (κ2) is 13.5. The fraction of sp³-hybridized carbons (Fsp3) is 0.0204. The molecule has 6 aromatic carbocycles. The molecule has 10 aromatic rings. The molecule has 0 N–H and O–H groups in total. The van der Waals surface area contributed by atoms with Gasteiger partial charge in [0.2, 0.25) is 0 Å². The molecule has 0 spiro atoms. The van der Waals surface area contributed by atoms with Crippen LogP contribution in [0.4, 0.5) is 0 Å². The Bertz CT molecular complexity index is 3050. The first kappa shape index (κ1) is 32.2. The summed E-state index contributed by atoms with van der Waals surface area (Å²) in [6.07, 6.45) is 1.84. The second-order valence-electron chi connectivity index (χ2n) is 13.6. The van der Waals surface area contributed by atoms with Crippen molar-refractivity contribution in [2.75, 3.05) is 0 Å². The minimum atomic E-state index is 0.595. The maximum absolute atomic E-state index is 5.14. The van der Waals surface area contributed by atoms with Gasteiger partial charge in [0, 0.05) is 55.9 Å².